The molecule has 0 spiro atoms. The van der Waals surface area contributed by atoms with Crippen LogP contribution in [0.2, 0.25) is 0 Å². The highest BCUT2D eigenvalue weighted by molar-refractivity contribution is 5.86. The van der Waals surface area contributed by atoms with Crippen LogP contribution in [0.15, 0.2) is 12.7 Å². The van der Waals surface area contributed by atoms with E-state index in [1.54, 1.807) is 6.92 Å². The van der Waals surface area contributed by atoms with E-state index in [0.29, 0.717) is 6.42 Å². The highest BCUT2D eigenvalue weighted by atomic mass is 16.3. The van der Waals surface area contributed by atoms with Gasteiger partial charge in [-0.15, -0.1) is 0 Å². The summed E-state index contributed by atoms with van der Waals surface area (Å²) in [5.41, 5.74) is 0. The summed E-state index contributed by atoms with van der Waals surface area (Å²) in [5, 5.41) is 11.1. The fourth-order valence-electron chi connectivity index (χ4n) is 0.325. The van der Waals surface area contributed by atoms with Gasteiger partial charge in [0.2, 0.25) is 5.91 Å². The molecule has 0 aromatic carbocycles. The van der Waals surface area contributed by atoms with Crippen molar-refractivity contribution in [3.8, 4) is 0 Å². The predicted octanol–water partition coefficient (Wildman–Crippen LogP) is 0.0170. The van der Waals surface area contributed by atoms with E-state index < -0.39 is 6.23 Å². The van der Waals surface area contributed by atoms with Crippen LogP contribution in [0, 0.1) is 0 Å². The first-order valence-corrected chi connectivity index (χ1v) is 2.81. The van der Waals surface area contributed by atoms with Crippen molar-refractivity contribution in [1.29, 1.82) is 0 Å². The van der Waals surface area contributed by atoms with Gasteiger partial charge in [0.15, 0.2) is 0 Å². The van der Waals surface area contributed by atoms with Crippen LogP contribution in [0.25, 0.3) is 0 Å². The molecule has 1 amide bonds. The Morgan fingerprint density at radius 3 is 2.89 bits per heavy atom. The maximum atomic E-state index is 10.4. The van der Waals surface area contributed by atoms with Gasteiger partial charge in [0.1, 0.15) is 6.23 Å². The number of carbonyl (C=O) groups is 1. The second kappa shape index (κ2) is 4.09. The van der Waals surface area contributed by atoms with Crippen molar-refractivity contribution in [3.63, 3.8) is 0 Å². The summed E-state index contributed by atoms with van der Waals surface area (Å²) >= 11 is 0. The lowest BCUT2D eigenvalue weighted by molar-refractivity contribution is -0.119. The number of nitrogens with one attached hydrogen (secondary N) is 1. The van der Waals surface area contributed by atoms with Crippen LogP contribution < -0.4 is 5.32 Å². The smallest absolute Gasteiger partial charge is 0.245 e. The Balaban J connectivity index is 3.46. The number of rotatable bonds is 3. The van der Waals surface area contributed by atoms with Crippen LogP contribution in [0.5, 0.6) is 0 Å². The molecule has 0 bridgehead atoms. The van der Waals surface area contributed by atoms with Crippen molar-refractivity contribution >= 4 is 5.91 Å². The topological polar surface area (TPSA) is 49.3 Å². The molecule has 52 valence electrons. The third-order valence-electron chi connectivity index (χ3n) is 0.881. The molecule has 0 aromatic heterocycles. The highest BCUT2D eigenvalue weighted by Gasteiger charge is 2.00. The molecule has 0 radical (unpaired) electrons. The summed E-state index contributed by atoms with van der Waals surface area (Å²) in [6, 6.07) is 0. The molecule has 0 aliphatic carbocycles. The Kier molecular flexibility index (Phi) is 3.71. The summed E-state index contributed by atoms with van der Waals surface area (Å²) in [7, 11) is 0. The lowest BCUT2D eigenvalue weighted by Crippen LogP contribution is -2.32. The van der Waals surface area contributed by atoms with E-state index in [1.807, 2.05) is 0 Å². The molecule has 0 heterocycles. The predicted molar refractivity (Wildman–Crippen MR) is 34.6 cm³/mol. The van der Waals surface area contributed by atoms with Crippen LogP contribution in [-0.4, -0.2) is 17.2 Å². The first kappa shape index (κ1) is 8.17. The fourth-order valence-corrected chi connectivity index (χ4v) is 0.325. The molecule has 1 atom stereocenters. The first-order chi connectivity index (χ1) is 4.20. The molecule has 2 N–H and O–H groups in total. The van der Waals surface area contributed by atoms with Gasteiger partial charge in [0.25, 0.3) is 0 Å². The van der Waals surface area contributed by atoms with E-state index in [4.69, 9.17) is 5.11 Å². The number of aliphatic hydroxyl groups excluding tert-OH is 1. The van der Waals surface area contributed by atoms with E-state index in [1.165, 1.54) is 0 Å². The molecule has 0 fully saturated rings. The van der Waals surface area contributed by atoms with Gasteiger partial charge < -0.3 is 10.4 Å². The molecule has 0 aliphatic heterocycles. The molecule has 0 saturated carbocycles. The first-order valence-electron chi connectivity index (χ1n) is 2.81. The van der Waals surface area contributed by atoms with E-state index in [0.717, 1.165) is 6.08 Å². The molecule has 0 rings (SSSR count). The van der Waals surface area contributed by atoms with E-state index in [-0.39, 0.29) is 5.91 Å². The molecule has 0 aliphatic rings. The third kappa shape index (κ3) is 3.73. The van der Waals surface area contributed by atoms with Crippen molar-refractivity contribution in [1.82, 2.24) is 5.32 Å². The number of hydrogen-bond donors (Lipinski definition) is 2. The minimum absolute atomic E-state index is 0.343. The minimum Gasteiger partial charge on any atom is -0.374 e. The molecule has 3 heteroatoms. The van der Waals surface area contributed by atoms with E-state index >= 15 is 0 Å². The van der Waals surface area contributed by atoms with E-state index in [9.17, 15) is 4.79 Å². The lowest BCUT2D eigenvalue weighted by Gasteiger charge is -2.06. The van der Waals surface area contributed by atoms with Crippen LogP contribution in [0.1, 0.15) is 13.3 Å². The largest absolute Gasteiger partial charge is 0.374 e. The van der Waals surface area contributed by atoms with Crippen LogP contribution in [0.4, 0.5) is 0 Å². The Labute approximate surface area is 54.4 Å². The normalized spacial score (nSPS) is 12.2. The van der Waals surface area contributed by atoms with Gasteiger partial charge in [0.05, 0.1) is 0 Å². The molecular formula is C6H11NO2. The summed E-state index contributed by atoms with van der Waals surface area (Å²) in [5.74, 6) is -0.343. The Hall–Kier alpha value is -0.830. The van der Waals surface area contributed by atoms with Crippen molar-refractivity contribution < 1.29 is 9.90 Å². The third-order valence-corrected chi connectivity index (χ3v) is 0.881. The van der Waals surface area contributed by atoms with Crippen molar-refractivity contribution in [3.05, 3.63) is 12.7 Å². The average Bonchev–Trinajstić information content (AvgIpc) is 1.87. The van der Waals surface area contributed by atoms with Gasteiger partial charge in [-0.3, -0.25) is 4.79 Å². The number of aliphatic hydroxyl groups is 1. The molecule has 0 aromatic rings. The fraction of sp³-hybridized carbons (Fsp3) is 0.500. The van der Waals surface area contributed by atoms with Gasteiger partial charge >= 0.3 is 0 Å². The number of hydrogen-bond acceptors (Lipinski definition) is 2. The Morgan fingerprint density at radius 2 is 2.56 bits per heavy atom. The highest BCUT2D eigenvalue weighted by Crippen LogP contribution is 1.82. The van der Waals surface area contributed by atoms with Gasteiger partial charge in [-0.05, 0) is 12.5 Å². The molecule has 3 nitrogen and oxygen atoms in total. The second-order valence-corrected chi connectivity index (χ2v) is 1.64. The molecule has 9 heavy (non-hydrogen) atoms. The quantitative estimate of drug-likeness (QED) is 0.417. The van der Waals surface area contributed by atoms with Gasteiger partial charge in [-0.2, -0.15) is 0 Å². The average molecular weight is 129 g/mol. The maximum absolute atomic E-state index is 10.4. The van der Waals surface area contributed by atoms with Gasteiger partial charge in [0, 0.05) is 0 Å². The zero-order valence-electron chi connectivity index (χ0n) is 5.42. The summed E-state index contributed by atoms with van der Waals surface area (Å²) in [6.45, 7) is 5.00. The van der Waals surface area contributed by atoms with Crippen LogP contribution in [-0.2, 0) is 4.79 Å². The maximum Gasteiger partial charge on any atom is 0.245 e. The zero-order chi connectivity index (χ0) is 7.28. The summed E-state index contributed by atoms with van der Waals surface area (Å²) in [4.78, 5) is 10.4. The molecule has 1 unspecified atom stereocenters. The monoisotopic (exact) mass is 129 g/mol. The zero-order valence-corrected chi connectivity index (χ0v) is 5.42. The second-order valence-electron chi connectivity index (χ2n) is 1.64. The lowest BCUT2D eigenvalue weighted by atomic mass is 10.4. The summed E-state index contributed by atoms with van der Waals surface area (Å²) in [6.07, 6.45) is 0.897. The SMILES string of the molecule is C=CC(=O)NC(O)CC. The molecule has 0 saturated heterocycles. The van der Waals surface area contributed by atoms with Gasteiger partial charge in [-0.1, -0.05) is 13.5 Å². The standard InChI is InChI=1S/C6H11NO2/c1-3-5(8)7-6(9)4-2/h3,6,9H,1,4H2,2H3,(H,7,8). The summed E-state index contributed by atoms with van der Waals surface area (Å²) < 4.78 is 0. The Morgan fingerprint density at radius 1 is 2.00 bits per heavy atom. The van der Waals surface area contributed by atoms with Gasteiger partial charge in [-0.25, -0.2) is 0 Å². The van der Waals surface area contributed by atoms with Crippen LogP contribution >= 0.6 is 0 Å². The van der Waals surface area contributed by atoms with E-state index in [2.05, 4.69) is 11.9 Å². The van der Waals surface area contributed by atoms with Crippen molar-refractivity contribution in [2.75, 3.05) is 0 Å². The van der Waals surface area contributed by atoms with Crippen molar-refractivity contribution in [2.24, 2.45) is 0 Å². The minimum atomic E-state index is -0.740. The van der Waals surface area contributed by atoms with Crippen LogP contribution in [0.3, 0.4) is 0 Å². The van der Waals surface area contributed by atoms with Crippen molar-refractivity contribution in [2.45, 2.75) is 19.6 Å². The Bertz CT molecular complexity index is 112. The number of amides is 1. The number of carbonyl (C=O) groups excluding carboxylic acids is 1. The molecular weight excluding hydrogens is 118 g/mol.